The number of thioether (sulfide) groups is 1. The van der Waals surface area contributed by atoms with Crippen molar-refractivity contribution in [2.75, 3.05) is 25.1 Å². The number of hydrogen-bond acceptors (Lipinski definition) is 4. The highest BCUT2D eigenvalue weighted by Gasteiger charge is 2.25. The van der Waals surface area contributed by atoms with Gasteiger partial charge in [-0.2, -0.15) is 11.8 Å². The van der Waals surface area contributed by atoms with E-state index in [4.69, 9.17) is 4.74 Å². The van der Waals surface area contributed by atoms with Gasteiger partial charge in [0.05, 0.1) is 6.54 Å². The summed E-state index contributed by atoms with van der Waals surface area (Å²) in [6.07, 6.45) is 5.97. The Morgan fingerprint density at radius 3 is 2.89 bits per heavy atom. The quantitative estimate of drug-likeness (QED) is 0.735. The lowest BCUT2D eigenvalue weighted by Crippen LogP contribution is -2.38. The van der Waals surface area contributed by atoms with Gasteiger partial charge in [0.25, 0.3) is 0 Å². The topological polar surface area (TPSA) is 29.5 Å². The van der Waals surface area contributed by atoms with E-state index in [-0.39, 0.29) is 12.1 Å². The Morgan fingerprint density at radius 2 is 2.22 bits per heavy atom. The first-order chi connectivity index (χ1) is 8.65. The van der Waals surface area contributed by atoms with Gasteiger partial charge in [-0.05, 0) is 44.4 Å². The summed E-state index contributed by atoms with van der Waals surface area (Å²) in [5, 5.41) is 0. The monoisotopic (exact) mass is 271 g/mol. The molecule has 0 bridgehead atoms. The van der Waals surface area contributed by atoms with E-state index in [1.165, 1.54) is 25.0 Å². The molecule has 0 N–H and O–H groups in total. The fraction of sp³-hybridized carbons (Fsp3) is 0.929. The molecule has 2 aliphatic rings. The van der Waals surface area contributed by atoms with Crippen LogP contribution in [0.5, 0.6) is 0 Å². The van der Waals surface area contributed by atoms with Crippen LogP contribution in [0.15, 0.2) is 0 Å². The summed E-state index contributed by atoms with van der Waals surface area (Å²) >= 11 is 1.98. The third kappa shape index (κ3) is 4.16. The van der Waals surface area contributed by atoms with E-state index in [0.29, 0.717) is 18.5 Å². The number of rotatable bonds is 4. The third-order valence-corrected chi connectivity index (χ3v) is 5.24. The molecule has 3 nitrogen and oxygen atoms in total. The average Bonchev–Trinajstić information content (AvgIpc) is 2.81. The van der Waals surface area contributed by atoms with Gasteiger partial charge < -0.3 is 4.74 Å². The first-order valence-corrected chi connectivity index (χ1v) is 8.28. The van der Waals surface area contributed by atoms with Crippen LogP contribution in [0.4, 0.5) is 0 Å². The zero-order chi connectivity index (χ0) is 13.0. The lowest BCUT2D eigenvalue weighted by molar-refractivity contribution is -0.152. The molecule has 4 heteroatoms. The second-order valence-corrected chi connectivity index (χ2v) is 6.97. The molecule has 1 aliphatic heterocycles. The number of nitrogens with zero attached hydrogens (tertiary/aromatic N) is 1. The van der Waals surface area contributed by atoms with Gasteiger partial charge in [0.1, 0.15) is 6.10 Å². The van der Waals surface area contributed by atoms with Gasteiger partial charge >= 0.3 is 5.97 Å². The average molecular weight is 271 g/mol. The maximum absolute atomic E-state index is 11.9. The van der Waals surface area contributed by atoms with Gasteiger partial charge in [-0.3, -0.25) is 9.69 Å². The van der Waals surface area contributed by atoms with Gasteiger partial charge in [0.15, 0.2) is 0 Å². The van der Waals surface area contributed by atoms with Crippen molar-refractivity contribution in [3.63, 3.8) is 0 Å². The summed E-state index contributed by atoms with van der Waals surface area (Å²) in [4.78, 5) is 14.1. The van der Waals surface area contributed by atoms with Crippen molar-refractivity contribution in [1.29, 1.82) is 0 Å². The summed E-state index contributed by atoms with van der Waals surface area (Å²) in [6, 6.07) is 0.563. The van der Waals surface area contributed by atoms with Crippen molar-refractivity contribution in [1.82, 2.24) is 4.90 Å². The lowest BCUT2D eigenvalue weighted by Gasteiger charge is -2.28. The number of ether oxygens (including phenoxy) is 1. The van der Waals surface area contributed by atoms with Gasteiger partial charge in [-0.25, -0.2) is 0 Å². The van der Waals surface area contributed by atoms with Crippen molar-refractivity contribution in [3.05, 3.63) is 0 Å². The maximum atomic E-state index is 11.9. The van der Waals surface area contributed by atoms with Crippen molar-refractivity contribution in [2.24, 2.45) is 5.92 Å². The maximum Gasteiger partial charge on any atom is 0.320 e. The molecule has 1 saturated heterocycles. The number of hydrogen-bond donors (Lipinski definition) is 0. The molecule has 1 saturated carbocycles. The predicted octanol–water partition coefficient (Wildman–Crippen LogP) is 2.55. The zero-order valence-electron chi connectivity index (χ0n) is 11.6. The van der Waals surface area contributed by atoms with E-state index in [9.17, 15) is 4.79 Å². The van der Waals surface area contributed by atoms with E-state index in [1.54, 1.807) is 0 Å². The van der Waals surface area contributed by atoms with Crippen LogP contribution in [-0.2, 0) is 9.53 Å². The summed E-state index contributed by atoms with van der Waals surface area (Å²) < 4.78 is 5.60. The molecule has 3 atom stereocenters. The molecular formula is C14H25NO2S. The van der Waals surface area contributed by atoms with E-state index in [0.717, 1.165) is 18.6 Å². The minimum atomic E-state index is -0.0338. The standard InChI is InChI=1S/C14H25NO2S/c1-11-4-3-5-13(8-11)17-14(16)9-15(2)12-6-7-18-10-12/h11-13H,3-10H2,1-2H3/t11-,12+,13-/m1/s1. The molecule has 0 spiro atoms. The van der Waals surface area contributed by atoms with Crippen molar-refractivity contribution in [3.8, 4) is 0 Å². The summed E-state index contributed by atoms with van der Waals surface area (Å²) in [5.41, 5.74) is 0. The summed E-state index contributed by atoms with van der Waals surface area (Å²) in [5.74, 6) is 3.06. The molecule has 0 aromatic carbocycles. The van der Waals surface area contributed by atoms with Crippen LogP contribution >= 0.6 is 11.8 Å². The Morgan fingerprint density at radius 1 is 1.39 bits per heavy atom. The number of carbonyl (C=O) groups is 1. The molecule has 104 valence electrons. The number of esters is 1. The molecule has 0 amide bonds. The number of carbonyl (C=O) groups excluding carboxylic acids is 1. The second kappa shape index (κ2) is 6.80. The Kier molecular flexibility index (Phi) is 5.37. The fourth-order valence-corrected chi connectivity index (χ4v) is 4.21. The minimum Gasteiger partial charge on any atom is -0.461 e. The lowest BCUT2D eigenvalue weighted by atomic mass is 9.89. The van der Waals surface area contributed by atoms with E-state index in [1.807, 2.05) is 18.8 Å². The van der Waals surface area contributed by atoms with Crippen LogP contribution in [0.2, 0.25) is 0 Å². The highest BCUT2D eigenvalue weighted by molar-refractivity contribution is 7.99. The first kappa shape index (κ1) is 14.2. The van der Waals surface area contributed by atoms with Crippen molar-refractivity contribution in [2.45, 2.75) is 51.2 Å². The van der Waals surface area contributed by atoms with Gasteiger partial charge in [0.2, 0.25) is 0 Å². The molecule has 2 fully saturated rings. The fourth-order valence-electron chi connectivity index (χ4n) is 2.91. The van der Waals surface area contributed by atoms with E-state index < -0.39 is 0 Å². The van der Waals surface area contributed by atoms with Crippen molar-refractivity contribution < 1.29 is 9.53 Å². The SMILES string of the molecule is C[C@@H]1CCC[C@@H](OC(=O)CN(C)[C@H]2CCSC2)C1. The van der Waals surface area contributed by atoms with Crippen LogP contribution in [-0.4, -0.2) is 48.1 Å². The summed E-state index contributed by atoms with van der Waals surface area (Å²) in [6.45, 7) is 2.71. The first-order valence-electron chi connectivity index (χ1n) is 7.12. The molecule has 0 aromatic heterocycles. The predicted molar refractivity (Wildman–Crippen MR) is 75.9 cm³/mol. The molecule has 1 heterocycles. The Bertz CT molecular complexity index is 273. The molecule has 2 rings (SSSR count). The highest BCUT2D eigenvalue weighted by atomic mass is 32.2. The van der Waals surface area contributed by atoms with E-state index >= 15 is 0 Å². The summed E-state index contributed by atoms with van der Waals surface area (Å²) in [7, 11) is 2.04. The van der Waals surface area contributed by atoms with Crippen LogP contribution in [0.3, 0.4) is 0 Å². The van der Waals surface area contributed by atoms with Crippen LogP contribution in [0.1, 0.15) is 39.0 Å². The van der Waals surface area contributed by atoms with Crippen LogP contribution in [0.25, 0.3) is 0 Å². The van der Waals surface area contributed by atoms with Gasteiger partial charge in [0, 0.05) is 11.8 Å². The molecule has 0 radical (unpaired) electrons. The smallest absolute Gasteiger partial charge is 0.320 e. The largest absolute Gasteiger partial charge is 0.461 e. The van der Waals surface area contributed by atoms with Gasteiger partial charge in [-0.1, -0.05) is 13.3 Å². The third-order valence-electron chi connectivity index (χ3n) is 4.09. The number of likely N-dealkylation sites (N-methyl/N-ethyl adjacent to an activating group) is 1. The molecule has 1 aliphatic carbocycles. The second-order valence-electron chi connectivity index (χ2n) is 5.82. The Hall–Kier alpha value is -0.220. The molecule has 18 heavy (non-hydrogen) atoms. The van der Waals surface area contributed by atoms with E-state index in [2.05, 4.69) is 11.8 Å². The molecule has 0 aromatic rings. The van der Waals surface area contributed by atoms with Crippen LogP contribution < -0.4 is 0 Å². The normalized spacial score (nSPS) is 32.7. The minimum absolute atomic E-state index is 0.0338. The zero-order valence-corrected chi connectivity index (χ0v) is 12.4. The van der Waals surface area contributed by atoms with Crippen molar-refractivity contribution >= 4 is 17.7 Å². The molecule has 0 unspecified atom stereocenters. The molecular weight excluding hydrogens is 246 g/mol. The highest BCUT2D eigenvalue weighted by Crippen LogP contribution is 2.26. The Labute approximate surface area is 115 Å². The van der Waals surface area contributed by atoms with Crippen LogP contribution in [0, 0.1) is 5.92 Å². The van der Waals surface area contributed by atoms with Gasteiger partial charge in [-0.15, -0.1) is 0 Å². The Balaban J connectivity index is 1.70.